The minimum Gasteiger partial charge on any atom is -0.477 e. The predicted molar refractivity (Wildman–Crippen MR) is 130 cm³/mol. The first kappa shape index (κ1) is 23.2. The molecule has 3 heterocycles. The molecule has 0 unspecified atom stereocenters. The summed E-state index contributed by atoms with van der Waals surface area (Å²) in [5, 5.41) is 22.1. The molecule has 4 rings (SSSR count). The fourth-order valence-corrected chi connectivity index (χ4v) is 4.51. The first-order valence-corrected chi connectivity index (χ1v) is 11.9. The Labute approximate surface area is 194 Å². The molecular formula is C25H33N5O3. The Kier molecular flexibility index (Phi) is 7.23. The molecule has 0 amide bonds. The van der Waals surface area contributed by atoms with Gasteiger partial charge in [0.15, 0.2) is 5.69 Å². The van der Waals surface area contributed by atoms with Crippen LogP contribution < -0.4 is 10.2 Å². The Morgan fingerprint density at radius 2 is 1.94 bits per heavy atom. The fourth-order valence-electron chi connectivity index (χ4n) is 4.51. The maximum atomic E-state index is 11.9. The molecule has 8 nitrogen and oxygen atoms in total. The lowest BCUT2D eigenvalue weighted by atomic mass is 9.91. The van der Waals surface area contributed by atoms with Crippen molar-refractivity contribution >= 4 is 23.3 Å². The lowest BCUT2D eigenvalue weighted by molar-refractivity contribution is 0.0690. The zero-order valence-electron chi connectivity index (χ0n) is 19.4. The fraction of sp³-hybridized carbons (Fsp3) is 0.520. The molecule has 0 spiro atoms. The van der Waals surface area contributed by atoms with Crippen molar-refractivity contribution in [2.24, 2.45) is 5.92 Å². The van der Waals surface area contributed by atoms with Crippen molar-refractivity contribution < 1.29 is 14.6 Å². The average molecular weight is 452 g/mol. The first-order chi connectivity index (χ1) is 15.9. The minimum atomic E-state index is -1.08. The van der Waals surface area contributed by atoms with Gasteiger partial charge in [-0.25, -0.2) is 14.8 Å². The van der Waals surface area contributed by atoms with Gasteiger partial charge in [0.25, 0.3) is 0 Å². The van der Waals surface area contributed by atoms with E-state index in [9.17, 15) is 9.90 Å². The van der Waals surface area contributed by atoms with E-state index >= 15 is 0 Å². The molecule has 8 heteroatoms. The van der Waals surface area contributed by atoms with Crippen LogP contribution in [-0.4, -0.2) is 59.1 Å². The second kappa shape index (κ2) is 10.3. The van der Waals surface area contributed by atoms with E-state index in [1.807, 2.05) is 26.0 Å². The van der Waals surface area contributed by atoms with Gasteiger partial charge in [0.2, 0.25) is 0 Å². The van der Waals surface area contributed by atoms with Gasteiger partial charge in [0.05, 0.1) is 13.2 Å². The summed E-state index contributed by atoms with van der Waals surface area (Å²) in [4.78, 5) is 23.2. The second-order valence-electron chi connectivity index (χ2n) is 9.14. The number of aromatic nitrogens is 2. The molecule has 1 aliphatic carbocycles. The monoisotopic (exact) mass is 451 g/mol. The van der Waals surface area contributed by atoms with Gasteiger partial charge in [-0.05, 0) is 42.5 Å². The summed E-state index contributed by atoms with van der Waals surface area (Å²) >= 11 is 0. The normalized spacial score (nSPS) is 17.2. The van der Waals surface area contributed by atoms with Gasteiger partial charge in [-0.2, -0.15) is 0 Å². The Morgan fingerprint density at radius 3 is 2.55 bits per heavy atom. The van der Waals surface area contributed by atoms with Crippen LogP contribution in [0.15, 0.2) is 24.4 Å². The lowest BCUT2D eigenvalue weighted by Gasteiger charge is -2.28. The largest absolute Gasteiger partial charge is 0.477 e. The molecule has 0 bridgehead atoms. The highest BCUT2D eigenvalue weighted by molar-refractivity contribution is 6.09. The third-order valence-corrected chi connectivity index (χ3v) is 6.43. The summed E-state index contributed by atoms with van der Waals surface area (Å²) in [6.45, 7) is 6.90. The lowest BCUT2D eigenvalue weighted by Crippen LogP contribution is -2.36. The predicted octanol–water partition coefficient (Wildman–Crippen LogP) is 4.45. The maximum absolute atomic E-state index is 11.9. The summed E-state index contributed by atoms with van der Waals surface area (Å²) in [6, 6.07) is 5.73. The van der Waals surface area contributed by atoms with Crippen LogP contribution in [0.25, 0.3) is 11.1 Å². The zero-order valence-corrected chi connectivity index (χ0v) is 19.4. The molecule has 0 atom stereocenters. The molecule has 176 valence electrons. The molecule has 1 saturated carbocycles. The quantitative estimate of drug-likeness (QED) is 0.533. The number of ether oxygens (including phenoxy) is 1. The third kappa shape index (κ3) is 5.33. The van der Waals surface area contributed by atoms with E-state index < -0.39 is 5.97 Å². The smallest absolute Gasteiger partial charge is 0.354 e. The molecule has 2 aromatic rings. The van der Waals surface area contributed by atoms with Crippen LogP contribution in [0.5, 0.6) is 0 Å². The molecule has 1 saturated heterocycles. The van der Waals surface area contributed by atoms with Gasteiger partial charge in [-0.15, -0.1) is 0 Å². The van der Waals surface area contributed by atoms with E-state index in [1.165, 1.54) is 6.42 Å². The number of morpholine rings is 1. The first-order valence-electron chi connectivity index (χ1n) is 11.9. The van der Waals surface area contributed by atoms with E-state index in [4.69, 9.17) is 10.1 Å². The van der Waals surface area contributed by atoms with Gasteiger partial charge >= 0.3 is 5.97 Å². The van der Waals surface area contributed by atoms with Crippen LogP contribution in [0.2, 0.25) is 0 Å². The number of nitrogens with zero attached hydrogens (tertiary/aromatic N) is 3. The van der Waals surface area contributed by atoms with E-state index in [-0.39, 0.29) is 17.7 Å². The van der Waals surface area contributed by atoms with Gasteiger partial charge in [0, 0.05) is 42.2 Å². The van der Waals surface area contributed by atoms with Crippen LogP contribution >= 0.6 is 0 Å². The van der Waals surface area contributed by atoms with Crippen molar-refractivity contribution in [1.82, 2.24) is 9.97 Å². The van der Waals surface area contributed by atoms with Crippen LogP contribution in [-0.2, 0) is 4.74 Å². The van der Waals surface area contributed by atoms with Gasteiger partial charge in [-0.3, -0.25) is 0 Å². The van der Waals surface area contributed by atoms with Crippen molar-refractivity contribution in [3.63, 3.8) is 0 Å². The van der Waals surface area contributed by atoms with Gasteiger partial charge < -0.3 is 25.5 Å². The number of carbonyl (C=O) groups is 1. The number of hydrogen-bond acceptors (Lipinski definition) is 7. The molecule has 2 aliphatic rings. The highest BCUT2D eigenvalue weighted by atomic mass is 16.5. The molecule has 0 aromatic carbocycles. The summed E-state index contributed by atoms with van der Waals surface area (Å²) in [6.07, 6.45) is 7.34. The SMILES string of the molecule is CC(C)C(=N)c1c(-c2ccc(N3CCOCC3)nc2)cc(C(=O)O)nc1NC1CCCCC1. The van der Waals surface area contributed by atoms with Crippen molar-refractivity contribution in [2.75, 3.05) is 36.5 Å². The standard InChI is InChI=1S/C25H33N5O3/c1-16(2)23(26)22-19(17-8-9-21(27-15-17)30-10-12-33-13-11-30)14-20(25(31)32)29-24(22)28-18-6-4-3-5-7-18/h8-9,14-16,18,26H,3-7,10-13H2,1-2H3,(H,28,29)(H,31,32). The van der Waals surface area contributed by atoms with Crippen LogP contribution in [0, 0.1) is 11.3 Å². The van der Waals surface area contributed by atoms with Crippen molar-refractivity contribution in [3.05, 3.63) is 35.7 Å². The molecule has 33 heavy (non-hydrogen) atoms. The summed E-state index contributed by atoms with van der Waals surface area (Å²) < 4.78 is 5.43. The minimum absolute atomic E-state index is 0.0270. The zero-order chi connectivity index (χ0) is 23.4. The number of anilines is 2. The highest BCUT2D eigenvalue weighted by Crippen LogP contribution is 2.33. The van der Waals surface area contributed by atoms with Gasteiger partial charge in [-0.1, -0.05) is 33.1 Å². The van der Waals surface area contributed by atoms with Crippen molar-refractivity contribution in [1.29, 1.82) is 5.41 Å². The topological polar surface area (TPSA) is 111 Å². The van der Waals surface area contributed by atoms with E-state index in [0.717, 1.165) is 50.2 Å². The summed E-state index contributed by atoms with van der Waals surface area (Å²) in [5.74, 6) is 0.251. The van der Waals surface area contributed by atoms with Crippen molar-refractivity contribution in [2.45, 2.75) is 52.0 Å². The van der Waals surface area contributed by atoms with Gasteiger partial charge in [0.1, 0.15) is 11.6 Å². The Hall–Kier alpha value is -3.00. The van der Waals surface area contributed by atoms with E-state index in [1.54, 1.807) is 12.3 Å². The Bertz CT molecular complexity index is 994. The molecule has 2 fully saturated rings. The molecular weight excluding hydrogens is 418 g/mol. The van der Waals surface area contributed by atoms with Crippen molar-refractivity contribution in [3.8, 4) is 11.1 Å². The molecule has 1 aliphatic heterocycles. The number of nitrogens with one attached hydrogen (secondary N) is 2. The number of aromatic carboxylic acids is 1. The van der Waals surface area contributed by atoms with Crippen LogP contribution in [0.4, 0.5) is 11.6 Å². The number of pyridine rings is 2. The van der Waals surface area contributed by atoms with E-state index in [2.05, 4.69) is 20.2 Å². The Balaban J connectivity index is 1.77. The number of hydrogen-bond donors (Lipinski definition) is 3. The van der Waals surface area contributed by atoms with Crippen LogP contribution in [0.1, 0.15) is 62.0 Å². The number of carboxylic acid groups (broad SMARTS) is 1. The molecule has 2 aromatic heterocycles. The van der Waals surface area contributed by atoms with Crippen LogP contribution in [0.3, 0.4) is 0 Å². The Morgan fingerprint density at radius 1 is 1.21 bits per heavy atom. The number of carboxylic acids is 1. The van der Waals surface area contributed by atoms with E-state index in [0.29, 0.717) is 35.9 Å². The number of rotatable bonds is 7. The second-order valence-corrected chi connectivity index (χ2v) is 9.14. The molecule has 3 N–H and O–H groups in total. The highest BCUT2D eigenvalue weighted by Gasteiger charge is 2.25. The summed E-state index contributed by atoms with van der Waals surface area (Å²) in [5.41, 5.74) is 2.54. The molecule has 0 radical (unpaired) electrons. The third-order valence-electron chi connectivity index (χ3n) is 6.43. The summed E-state index contributed by atoms with van der Waals surface area (Å²) in [7, 11) is 0. The average Bonchev–Trinajstić information content (AvgIpc) is 2.84. The maximum Gasteiger partial charge on any atom is 0.354 e.